The van der Waals surface area contributed by atoms with Gasteiger partial charge in [0.05, 0.1) is 23.4 Å². The average Bonchev–Trinajstić information content (AvgIpc) is 3.17. The Morgan fingerprint density at radius 1 is 1.12 bits per heavy atom. The Labute approximate surface area is 143 Å². The first-order chi connectivity index (χ1) is 12.2. The number of aromatic nitrogens is 4. The second-order valence-electron chi connectivity index (χ2n) is 5.02. The van der Waals surface area contributed by atoms with Gasteiger partial charge in [-0.15, -0.1) is 5.10 Å². The summed E-state index contributed by atoms with van der Waals surface area (Å²) < 4.78 is 6.34. The van der Waals surface area contributed by atoms with Gasteiger partial charge in [-0.1, -0.05) is 12.1 Å². The molecule has 0 saturated carbocycles. The van der Waals surface area contributed by atoms with Crippen LogP contribution in [-0.2, 0) is 4.74 Å². The summed E-state index contributed by atoms with van der Waals surface area (Å²) in [7, 11) is 0. The molecule has 3 aromatic rings. The number of esters is 1. The van der Waals surface area contributed by atoms with Crippen LogP contribution in [0.4, 0.5) is 5.69 Å². The van der Waals surface area contributed by atoms with Crippen LogP contribution in [0.1, 0.15) is 27.6 Å². The highest BCUT2D eigenvalue weighted by Gasteiger charge is 2.14. The minimum absolute atomic E-state index is 0.310. The summed E-state index contributed by atoms with van der Waals surface area (Å²) in [4.78, 5) is 24.2. The number of tetrazole rings is 1. The van der Waals surface area contributed by atoms with E-state index < -0.39 is 5.97 Å². The van der Waals surface area contributed by atoms with Crippen LogP contribution in [0.15, 0.2) is 54.9 Å². The van der Waals surface area contributed by atoms with Crippen LogP contribution in [0.25, 0.3) is 5.69 Å². The molecule has 126 valence electrons. The van der Waals surface area contributed by atoms with Crippen molar-refractivity contribution in [3.05, 3.63) is 66.0 Å². The lowest BCUT2D eigenvalue weighted by molar-refractivity contribution is 0.0526. The minimum Gasteiger partial charge on any atom is -0.462 e. The molecule has 0 unspecified atom stereocenters. The Hall–Kier alpha value is -3.55. The molecule has 1 aromatic heterocycles. The molecule has 8 heteroatoms. The normalized spacial score (nSPS) is 10.3. The third kappa shape index (κ3) is 3.69. The number of nitrogens with one attached hydrogen (secondary N) is 1. The van der Waals surface area contributed by atoms with Crippen molar-refractivity contribution >= 4 is 17.6 Å². The van der Waals surface area contributed by atoms with Crippen molar-refractivity contribution in [1.82, 2.24) is 20.2 Å². The number of rotatable bonds is 5. The summed E-state index contributed by atoms with van der Waals surface area (Å²) in [5, 5.41) is 13.8. The van der Waals surface area contributed by atoms with Gasteiger partial charge in [-0.05, 0) is 53.7 Å². The van der Waals surface area contributed by atoms with Gasteiger partial charge in [0.2, 0.25) is 0 Å². The molecular weight excluding hydrogens is 322 g/mol. The molecule has 1 amide bonds. The van der Waals surface area contributed by atoms with E-state index in [1.807, 2.05) is 0 Å². The second kappa shape index (κ2) is 7.35. The number of carbonyl (C=O) groups excluding carboxylic acids is 2. The molecule has 2 aromatic carbocycles. The molecule has 0 bridgehead atoms. The van der Waals surface area contributed by atoms with Crippen molar-refractivity contribution in [3.8, 4) is 5.69 Å². The SMILES string of the molecule is CCOC(=O)c1ccc(NC(=O)c2ccccc2-n2cnnn2)cc1. The standard InChI is InChI=1S/C17H15N5O3/c1-2-25-17(24)12-7-9-13(10-8-12)19-16(23)14-5-3-4-6-15(14)22-11-18-20-21-22/h3-11H,2H2,1H3,(H,19,23). The molecular formula is C17H15N5O3. The summed E-state index contributed by atoms with van der Waals surface area (Å²) in [5.41, 5.74) is 1.97. The van der Waals surface area contributed by atoms with Crippen LogP contribution >= 0.6 is 0 Å². The third-order valence-electron chi connectivity index (χ3n) is 3.40. The van der Waals surface area contributed by atoms with Crippen LogP contribution < -0.4 is 5.32 Å². The maximum atomic E-state index is 12.6. The first-order valence-electron chi connectivity index (χ1n) is 7.60. The molecule has 0 aliphatic heterocycles. The zero-order valence-electron chi connectivity index (χ0n) is 13.4. The molecule has 0 atom stereocenters. The zero-order valence-corrected chi connectivity index (χ0v) is 13.4. The van der Waals surface area contributed by atoms with Gasteiger partial charge in [0.15, 0.2) is 0 Å². The van der Waals surface area contributed by atoms with Crippen LogP contribution in [0.2, 0.25) is 0 Å². The number of hydrogen-bond donors (Lipinski definition) is 1. The second-order valence-corrected chi connectivity index (χ2v) is 5.02. The first kappa shape index (κ1) is 16.3. The molecule has 1 heterocycles. The van der Waals surface area contributed by atoms with E-state index in [4.69, 9.17) is 4.74 Å². The zero-order chi connectivity index (χ0) is 17.6. The van der Waals surface area contributed by atoms with Gasteiger partial charge >= 0.3 is 5.97 Å². The highest BCUT2D eigenvalue weighted by molar-refractivity contribution is 6.06. The number of anilines is 1. The van der Waals surface area contributed by atoms with Gasteiger partial charge in [0, 0.05) is 5.69 Å². The van der Waals surface area contributed by atoms with Crippen molar-refractivity contribution in [1.29, 1.82) is 0 Å². The Bertz CT molecular complexity index is 876. The van der Waals surface area contributed by atoms with Crippen molar-refractivity contribution in [3.63, 3.8) is 0 Å². The summed E-state index contributed by atoms with van der Waals surface area (Å²) in [6.07, 6.45) is 1.42. The Kier molecular flexibility index (Phi) is 4.79. The number of para-hydroxylation sites is 1. The number of nitrogens with zero attached hydrogens (tertiary/aromatic N) is 4. The number of amides is 1. The maximum Gasteiger partial charge on any atom is 0.338 e. The lowest BCUT2D eigenvalue weighted by Gasteiger charge is -2.10. The first-order valence-corrected chi connectivity index (χ1v) is 7.60. The topological polar surface area (TPSA) is 99.0 Å². The van der Waals surface area contributed by atoms with Gasteiger partial charge in [-0.25, -0.2) is 4.79 Å². The van der Waals surface area contributed by atoms with Crippen LogP contribution in [0.5, 0.6) is 0 Å². The molecule has 8 nitrogen and oxygen atoms in total. The van der Waals surface area contributed by atoms with E-state index in [1.54, 1.807) is 55.5 Å². The largest absolute Gasteiger partial charge is 0.462 e. The lowest BCUT2D eigenvalue weighted by atomic mass is 10.1. The molecule has 0 spiro atoms. The molecule has 25 heavy (non-hydrogen) atoms. The molecule has 0 radical (unpaired) electrons. The molecule has 1 N–H and O–H groups in total. The third-order valence-corrected chi connectivity index (χ3v) is 3.40. The van der Waals surface area contributed by atoms with E-state index in [1.165, 1.54) is 11.0 Å². The van der Waals surface area contributed by atoms with Gasteiger partial charge in [0.25, 0.3) is 5.91 Å². The number of benzene rings is 2. The number of hydrogen-bond acceptors (Lipinski definition) is 6. The molecule has 0 aliphatic carbocycles. The molecule has 0 saturated heterocycles. The predicted molar refractivity (Wildman–Crippen MR) is 89.5 cm³/mol. The fraction of sp³-hybridized carbons (Fsp3) is 0.118. The summed E-state index contributed by atoms with van der Waals surface area (Å²) in [5.74, 6) is -0.709. The molecule has 0 fully saturated rings. The van der Waals surface area contributed by atoms with E-state index >= 15 is 0 Å². The average molecular weight is 337 g/mol. The van der Waals surface area contributed by atoms with E-state index in [9.17, 15) is 9.59 Å². The number of carbonyl (C=O) groups is 2. The van der Waals surface area contributed by atoms with Crippen molar-refractivity contribution < 1.29 is 14.3 Å². The van der Waals surface area contributed by atoms with E-state index in [2.05, 4.69) is 20.8 Å². The number of ether oxygens (including phenoxy) is 1. The van der Waals surface area contributed by atoms with E-state index in [-0.39, 0.29) is 5.91 Å². The monoisotopic (exact) mass is 337 g/mol. The van der Waals surface area contributed by atoms with Crippen LogP contribution in [0, 0.1) is 0 Å². The maximum absolute atomic E-state index is 12.6. The van der Waals surface area contributed by atoms with Crippen LogP contribution in [-0.4, -0.2) is 38.7 Å². The highest BCUT2D eigenvalue weighted by Crippen LogP contribution is 2.16. The fourth-order valence-electron chi connectivity index (χ4n) is 2.24. The Morgan fingerprint density at radius 2 is 1.88 bits per heavy atom. The molecule has 3 rings (SSSR count). The minimum atomic E-state index is -0.399. The fourth-order valence-corrected chi connectivity index (χ4v) is 2.24. The van der Waals surface area contributed by atoms with Gasteiger partial charge < -0.3 is 10.1 Å². The lowest BCUT2D eigenvalue weighted by Crippen LogP contribution is -2.15. The summed E-state index contributed by atoms with van der Waals surface area (Å²) >= 11 is 0. The Morgan fingerprint density at radius 3 is 2.56 bits per heavy atom. The molecule has 0 aliphatic rings. The van der Waals surface area contributed by atoms with Gasteiger partial charge in [-0.3, -0.25) is 4.79 Å². The summed E-state index contributed by atoms with van der Waals surface area (Å²) in [6, 6.07) is 13.5. The highest BCUT2D eigenvalue weighted by atomic mass is 16.5. The quantitative estimate of drug-likeness (QED) is 0.716. The van der Waals surface area contributed by atoms with Crippen molar-refractivity contribution in [2.45, 2.75) is 6.92 Å². The van der Waals surface area contributed by atoms with Crippen molar-refractivity contribution in [2.75, 3.05) is 11.9 Å². The van der Waals surface area contributed by atoms with Gasteiger partial charge in [0.1, 0.15) is 6.33 Å². The predicted octanol–water partition coefficient (Wildman–Crippen LogP) is 2.09. The summed E-state index contributed by atoms with van der Waals surface area (Å²) in [6.45, 7) is 2.06. The van der Waals surface area contributed by atoms with E-state index in [0.29, 0.717) is 29.1 Å². The smallest absolute Gasteiger partial charge is 0.338 e. The Balaban J connectivity index is 1.78. The van der Waals surface area contributed by atoms with Crippen molar-refractivity contribution in [2.24, 2.45) is 0 Å². The van der Waals surface area contributed by atoms with E-state index in [0.717, 1.165) is 0 Å². The van der Waals surface area contributed by atoms with Gasteiger partial charge in [-0.2, -0.15) is 4.68 Å². The van der Waals surface area contributed by atoms with Crippen LogP contribution in [0.3, 0.4) is 0 Å².